The minimum atomic E-state index is -0.00912. The molecule has 0 amide bonds. The predicted octanol–water partition coefficient (Wildman–Crippen LogP) is 3.90. The molecule has 4 nitrogen and oxygen atoms in total. The van der Waals surface area contributed by atoms with Gasteiger partial charge in [-0.3, -0.25) is 0 Å². The zero-order valence-electron chi connectivity index (χ0n) is 11.9. The van der Waals surface area contributed by atoms with E-state index in [0.717, 1.165) is 40.3 Å². The van der Waals surface area contributed by atoms with Crippen LogP contribution >= 0.6 is 15.9 Å². The lowest BCUT2D eigenvalue weighted by molar-refractivity contribution is 0.171. The predicted molar refractivity (Wildman–Crippen MR) is 84.0 cm³/mol. The van der Waals surface area contributed by atoms with E-state index in [2.05, 4.69) is 34.2 Å². The molecule has 1 aliphatic heterocycles. The molecule has 0 saturated heterocycles. The van der Waals surface area contributed by atoms with Crippen LogP contribution in [0.3, 0.4) is 0 Å². The summed E-state index contributed by atoms with van der Waals surface area (Å²) in [5, 5.41) is 3.52. The molecule has 1 unspecified atom stereocenters. The Morgan fingerprint density at radius 3 is 2.71 bits per heavy atom. The van der Waals surface area contributed by atoms with Crippen LogP contribution < -0.4 is 14.8 Å². The zero-order valence-corrected chi connectivity index (χ0v) is 13.5. The average molecular weight is 352 g/mol. The van der Waals surface area contributed by atoms with Crippen molar-refractivity contribution in [3.05, 3.63) is 46.3 Å². The molecule has 112 valence electrons. The zero-order chi connectivity index (χ0) is 14.7. The molecule has 21 heavy (non-hydrogen) atoms. The highest BCUT2D eigenvalue weighted by Gasteiger charge is 2.22. The number of nitrogens with one attached hydrogen (secondary N) is 1. The summed E-state index contributed by atoms with van der Waals surface area (Å²) in [5.74, 6) is 2.47. The summed E-state index contributed by atoms with van der Waals surface area (Å²) in [6, 6.07) is 7.94. The van der Waals surface area contributed by atoms with E-state index in [0.29, 0.717) is 13.2 Å². The number of ether oxygens (including phenoxy) is 2. The Morgan fingerprint density at radius 2 is 2.00 bits per heavy atom. The van der Waals surface area contributed by atoms with Crippen molar-refractivity contribution in [2.24, 2.45) is 0 Å². The van der Waals surface area contributed by atoms with Crippen LogP contribution in [-0.4, -0.2) is 19.8 Å². The molecule has 1 aliphatic rings. The Morgan fingerprint density at radius 1 is 1.19 bits per heavy atom. The number of fused-ring (bicyclic) bond motifs is 1. The van der Waals surface area contributed by atoms with Crippen LogP contribution in [0.15, 0.2) is 39.4 Å². The van der Waals surface area contributed by atoms with Crippen molar-refractivity contribution in [3.63, 3.8) is 0 Å². The molecule has 1 aromatic carbocycles. The van der Waals surface area contributed by atoms with Crippen LogP contribution in [0.5, 0.6) is 11.5 Å². The van der Waals surface area contributed by atoms with Crippen molar-refractivity contribution in [3.8, 4) is 11.5 Å². The minimum Gasteiger partial charge on any atom is -0.486 e. The monoisotopic (exact) mass is 351 g/mol. The lowest BCUT2D eigenvalue weighted by Gasteiger charge is -2.22. The van der Waals surface area contributed by atoms with Gasteiger partial charge in [-0.05, 0) is 52.7 Å². The summed E-state index contributed by atoms with van der Waals surface area (Å²) >= 11 is 3.54. The van der Waals surface area contributed by atoms with Gasteiger partial charge in [-0.15, -0.1) is 0 Å². The quantitative estimate of drug-likeness (QED) is 0.886. The molecule has 5 heteroatoms. The highest BCUT2D eigenvalue weighted by Crippen LogP contribution is 2.36. The first kappa shape index (κ1) is 14.5. The molecule has 1 N–H and O–H groups in total. The van der Waals surface area contributed by atoms with Crippen LogP contribution in [0.1, 0.15) is 30.7 Å². The summed E-state index contributed by atoms with van der Waals surface area (Å²) in [4.78, 5) is 0. The molecular weight excluding hydrogens is 334 g/mol. The van der Waals surface area contributed by atoms with Crippen LogP contribution in [0.25, 0.3) is 0 Å². The van der Waals surface area contributed by atoms with Crippen LogP contribution in [-0.2, 0) is 0 Å². The molecule has 0 spiro atoms. The smallest absolute Gasteiger partial charge is 0.161 e. The third-order valence-corrected chi connectivity index (χ3v) is 4.06. The van der Waals surface area contributed by atoms with Crippen molar-refractivity contribution in [1.82, 2.24) is 5.32 Å². The minimum absolute atomic E-state index is 0.00912. The lowest BCUT2D eigenvalue weighted by Crippen LogP contribution is -2.23. The molecule has 0 aliphatic carbocycles. The normalized spacial score (nSPS) is 15.0. The van der Waals surface area contributed by atoms with Crippen LogP contribution in [0.4, 0.5) is 0 Å². The molecule has 0 radical (unpaired) electrons. The molecule has 0 bridgehead atoms. The fourth-order valence-electron chi connectivity index (χ4n) is 2.40. The third-order valence-electron chi connectivity index (χ3n) is 3.40. The molecule has 2 heterocycles. The number of hydrogen-bond donors (Lipinski definition) is 1. The van der Waals surface area contributed by atoms with Gasteiger partial charge in [0.25, 0.3) is 0 Å². The standard InChI is InChI=1S/C16H18BrNO3/c1-2-6-18-15(16-12(17)5-7-21-16)11-3-4-13-14(10-11)20-9-8-19-13/h3-5,7,10,15,18H,2,6,8-9H2,1H3. The summed E-state index contributed by atoms with van der Waals surface area (Å²) in [5.41, 5.74) is 1.10. The lowest BCUT2D eigenvalue weighted by atomic mass is 10.0. The molecular formula is C16H18BrNO3. The van der Waals surface area contributed by atoms with Gasteiger partial charge in [0.1, 0.15) is 19.0 Å². The van der Waals surface area contributed by atoms with E-state index in [1.165, 1.54) is 0 Å². The summed E-state index contributed by atoms with van der Waals surface area (Å²) in [6.45, 7) is 4.25. The van der Waals surface area contributed by atoms with Crippen LogP contribution in [0, 0.1) is 0 Å². The SMILES string of the molecule is CCCNC(c1ccc2c(c1)OCCO2)c1occc1Br. The molecule has 2 aromatic rings. The highest BCUT2D eigenvalue weighted by atomic mass is 79.9. The largest absolute Gasteiger partial charge is 0.486 e. The van der Waals surface area contributed by atoms with Crippen molar-refractivity contribution in [2.45, 2.75) is 19.4 Å². The number of rotatable bonds is 5. The van der Waals surface area contributed by atoms with E-state index >= 15 is 0 Å². The van der Waals surface area contributed by atoms with Gasteiger partial charge in [-0.1, -0.05) is 13.0 Å². The van der Waals surface area contributed by atoms with E-state index in [-0.39, 0.29) is 6.04 Å². The van der Waals surface area contributed by atoms with Gasteiger partial charge in [0.2, 0.25) is 0 Å². The summed E-state index contributed by atoms with van der Waals surface area (Å²) < 4.78 is 17.9. The van der Waals surface area contributed by atoms with E-state index < -0.39 is 0 Å². The molecule has 0 fully saturated rings. The Bertz CT molecular complexity index is 611. The van der Waals surface area contributed by atoms with Gasteiger partial charge in [0.15, 0.2) is 11.5 Å². The van der Waals surface area contributed by atoms with Crippen molar-refractivity contribution >= 4 is 15.9 Å². The van der Waals surface area contributed by atoms with E-state index in [1.54, 1.807) is 6.26 Å². The maximum atomic E-state index is 5.67. The second-order valence-electron chi connectivity index (χ2n) is 4.92. The van der Waals surface area contributed by atoms with Gasteiger partial charge in [0, 0.05) is 0 Å². The first-order chi connectivity index (χ1) is 10.3. The van der Waals surface area contributed by atoms with E-state index in [4.69, 9.17) is 13.9 Å². The van der Waals surface area contributed by atoms with Gasteiger partial charge < -0.3 is 19.2 Å². The topological polar surface area (TPSA) is 43.6 Å². The number of halogens is 1. The van der Waals surface area contributed by atoms with Crippen molar-refractivity contribution < 1.29 is 13.9 Å². The highest BCUT2D eigenvalue weighted by molar-refractivity contribution is 9.10. The number of hydrogen-bond acceptors (Lipinski definition) is 4. The van der Waals surface area contributed by atoms with Crippen molar-refractivity contribution in [1.29, 1.82) is 0 Å². The fraction of sp³-hybridized carbons (Fsp3) is 0.375. The van der Waals surface area contributed by atoms with Gasteiger partial charge >= 0.3 is 0 Å². The molecule has 1 aromatic heterocycles. The van der Waals surface area contributed by atoms with E-state index in [1.807, 2.05) is 18.2 Å². The Hall–Kier alpha value is -1.46. The summed E-state index contributed by atoms with van der Waals surface area (Å²) in [6.07, 6.45) is 2.75. The number of furan rings is 1. The number of benzene rings is 1. The molecule has 3 rings (SSSR count). The van der Waals surface area contributed by atoms with Gasteiger partial charge in [0.05, 0.1) is 16.8 Å². The third kappa shape index (κ3) is 3.09. The summed E-state index contributed by atoms with van der Waals surface area (Å²) in [7, 11) is 0. The first-order valence-electron chi connectivity index (χ1n) is 7.15. The van der Waals surface area contributed by atoms with E-state index in [9.17, 15) is 0 Å². The average Bonchev–Trinajstić information content (AvgIpc) is 2.94. The second kappa shape index (κ2) is 6.54. The van der Waals surface area contributed by atoms with Crippen LogP contribution in [0.2, 0.25) is 0 Å². The Balaban J connectivity index is 1.94. The Labute approximate surface area is 132 Å². The fourth-order valence-corrected chi connectivity index (χ4v) is 2.83. The maximum absolute atomic E-state index is 5.67. The second-order valence-corrected chi connectivity index (χ2v) is 5.78. The van der Waals surface area contributed by atoms with Gasteiger partial charge in [-0.2, -0.15) is 0 Å². The van der Waals surface area contributed by atoms with Crippen molar-refractivity contribution in [2.75, 3.05) is 19.8 Å². The maximum Gasteiger partial charge on any atom is 0.161 e. The molecule has 1 atom stereocenters. The first-order valence-corrected chi connectivity index (χ1v) is 7.94. The molecule has 0 saturated carbocycles. The Kier molecular flexibility index (Phi) is 4.51. The van der Waals surface area contributed by atoms with Gasteiger partial charge in [-0.25, -0.2) is 0 Å².